The van der Waals surface area contributed by atoms with Crippen molar-refractivity contribution in [1.29, 1.82) is 0 Å². The zero-order valence-electron chi connectivity index (χ0n) is 19.1. The molecule has 0 aromatic heterocycles. The molecule has 5 atom stereocenters. The van der Waals surface area contributed by atoms with Gasteiger partial charge in [-0.3, -0.25) is 9.59 Å². The maximum Gasteiger partial charge on any atom is 0.353 e. The Labute approximate surface area is 195 Å². The van der Waals surface area contributed by atoms with E-state index in [0.717, 1.165) is 19.4 Å². The Bertz CT molecular complexity index is 801. The van der Waals surface area contributed by atoms with E-state index in [2.05, 4.69) is 23.3 Å². The zero-order valence-corrected chi connectivity index (χ0v) is 20.0. The average molecular weight is 466 g/mol. The summed E-state index contributed by atoms with van der Waals surface area (Å²) in [5.74, 6) is -1.49. The number of carbonyl (C=O) groups excluding carboxylic acids is 3. The second-order valence-electron chi connectivity index (χ2n) is 9.57. The molecule has 1 saturated carbocycles. The van der Waals surface area contributed by atoms with Gasteiger partial charge in [0.15, 0.2) is 0 Å². The predicted molar refractivity (Wildman–Crippen MR) is 123 cm³/mol. The van der Waals surface area contributed by atoms with E-state index >= 15 is 0 Å². The fourth-order valence-corrected chi connectivity index (χ4v) is 5.84. The van der Waals surface area contributed by atoms with E-state index in [1.807, 2.05) is 13.8 Å². The van der Waals surface area contributed by atoms with Crippen LogP contribution in [0, 0.1) is 17.8 Å². The molecule has 2 amide bonds. The van der Waals surface area contributed by atoms with Crippen LogP contribution in [0.3, 0.4) is 0 Å². The van der Waals surface area contributed by atoms with Gasteiger partial charge in [0.2, 0.25) is 11.8 Å². The lowest BCUT2D eigenvalue weighted by Gasteiger charge is -2.47. The van der Waals surface area contributed by atoms with Gasteiger partial charge in [0.1, 0.15) is 11.5 Å². The fraction of sp³-hybridized carbons (Fsp3) is 0.739. The largest absolute Gasteiger partial charge is 0.477 e. The summed E-state index contributed by atoms with van der Waals surface area (Å²) in [7, 11) is 0. The van der Waals surface area contributed by atoms with Gasteiger partial charge in [-0.1, -0.05) is 26.7 Å². The number of hydrogen-bond donors (Lipinski definition) is 4. The first-order chi connectivity index (χ1) is 15.1. The highest BCUT2D eigenvalue weighted by molar-refractivity contribution is 7.84. The van der Waals surface area contributed by atoms with E-state index in [9.17, 15) is 19.2 Å². The van der Waals surface area contributed by atoms with Crippen molar-refractivity contribution in [2.45, 2.75) is 83.8 Å². The number of nitrogens with zero attached hydrogens (tertiary/aromatic N) is 1. The monoisotopic (exact) mass is 465 g/mol. The summed E-state index contributed by atoms with van der Waals surface area (Å²) in [6.07, 6.45) is 7.42. The van der Waals surface area contributed by atoms with Crippen LogP contribution in [-0.2, 0) is 19.2 Å². The highest BCUT2D eigenvalue weighted by Crippen LogP contribution is 2.49. The van der Waals surface area contributed by atoms with E-state index in [4.69, 9.17) is 5.11 Å². The maximum absolute atomic E-state index is 12.2. The smallest absolute Gasteiger partial charge is 0.353 e. The molecule has 2 saturated heterocycles. The second-order valence-corrected chi connectivity index (χ2v) is 10.1. The molecule has 4 rings (SSSR count). The topological polar surface area (TPSA) is 116 Å². The van der Waals surface area contributed by atoms with Crippen molar-refractivity contribution in [3.8, 4) is 0 Å². The highest BCUT2D eigenvalue weighted by Gasteiger charge is 2.59. The van der Waals surface area contributed by atoms with Crippen LogP contribution in [0.1, 0.15) is 65.7 Å². The van der Waals surface area contributed by atoms with Crippen molar-refractivity contribution in [3.63, 3.8) is 0 Å². The molecule has 9 heteroatoms. The number of carboxylic acids is 1. The number of aliphatic carboxylic acids is 1. The number of hydrogen-bond acceptors (Lipinski definition) is 6. The molecule has 0 spiro atoms. The molecular weight excluding hydrogens is 430 g/mol. The summed E-state index contributed by atoms with van der Waals surface area (Å²) < 4.78 is 0. The standard InChI is InChI=1S/C13H17NO4S.C10H18N2O/c1-5(4-6(2)15)8-9-7(3)11(19)10(13(17)18)14(9)12(8)16;13-10(9-6-3-7-11-9)12-8-4-1-2-5-8/h5,7-9,19H,4H2,1-3H3,(H,17,18);8-9,11H,1-7H2,(H,12,13)/t5-,7+,8+,9-;9-/m00/s1. The van der Waals surface area contributed by atoms with Gasteiger partial charge in [0.05, 0.1) is 18.0 Å². The van der Waals surface area contributed by atoms with Crippen molar-refractivity contribution in [2.24, 2.45) is 17.8 Å². The maximum atomic E-state index is 12.2. The summed E-state index contributed by atoms with van der Waals surface area (Å²) in [4.78, 5) is 47.9. The molecule has 0 bridgehead atoms. The Balaban J connectivity index is 0.000000193. The highest BCUT2D eigenvalue weighted by atomic mass is 32.1. The number of carbonyl (C=O) groups is 4. The molecule has 32 heavy (non-hydrogen) atoms. The summed E-state index contributed by atoms with van der Waals surface area (Å²) >= 11 is 4.24. The Morgan fingerprint density at radius 1 is 1.22 bits per heavy atom. The molecule has 178 valence electrons. The number of fused-ring (bicyclic) bond motifs is 1. The molecule has 8 nitrogen and oxygen atoms in total. The number of rotatable bonds is 6. The molecule has 0 radical (unpaired) electrons. The predicted octanol–water partition coefficient (Wildman–Crippen LogP) is 2.10. The number of carboxylic acid groups (broad SMARTS) is 1. The SMILES string of the molecule is CC(=O)C[C@H](C)[C@H]1C(=O)N2C(C(=O)O)=C(S)[C@H](C)[C@@H]12.O=C(NC1CCCC1)[C@@H]1CCCN1. The van der Waals surface area contributed by atoms with Crippen LogP contribution >= 0.6 is 12.6 Å². The normalized spacial score (nSPS) is 30.4. The third kappa shape index (κ3) is 5.03. The first kappa shape index (κ1) is 24.8. The third-order valence-corrected chi connectivity index (χ3v) is 7.74. The minimum absolute atomic E-state index is 0.00268. The summed E-state index contributed by atoms with van der Waals surface area (Å²) in [6.45, 7) is 6.24. The van der Waals surface area contributed by atoms with E-state index in [1.54, 1.807) is 0 Å². The Morgan fingerprint density at radius 2 is 1.88 bits per heavy atom. The summed E-state index contributed by atoms with van der Waals surface area (Å²) in [6, 6.07) is 0.399. The quantitative estimate of drug-likeness (QED) is 0.353. The van der Waals surface area contributed by atoms with Gasteiger partial charge in [-0.05, 0) is 45.1 Å². The summed E-state index contributed by atoms with van der Waals surface area (Å²) in [5, 5.41) is 15.5. The number of amides is 2. The van der Waals surface area contributed by atoms with Crippen LogP contribution in [0.2, 0.25) is 0 Å². The van der Waals surface area contributed by atoms with Crippen LogP contribution in [0.5, 0.6) is 0 Å². The third-order valence-electron chi connectivity index (χ3n) is 7.12. The Hall–Kier alpha value is -1.87. The molecule has 4 aliphatic rings. The lowest BCUT2D eigenvalue weighted by molar-refractivity contribution is -0.160. The van der Waals surface area contributed by atoms with Gasteiger partial charge in [-0.2, -0.15) is 0 Å². The van der Waals surface area contributed by atoms with Crippen molar-refractivity contribution in [1.82, 2.24) is 15.5 Å². The van der Waals surface area contributed by atoms with Gasteiger partial charge in [0, 0.05) is 23.3 Å². The van der Waals surface area contributed by atoms with Gasteiger partial charge in [0.25, 0.3) is 0 Å². The first-order valence-corrected chi connectivity index (χ1v) is 12.1. The number of β-lactam (4-membered cyclic amide) rings is 1. The number of Topliss-reactive ketones (excluding diaryl/α,β-unsaturated/α-hetero) is 1. The molecule has 1 aliphatic carbocycles. The van der Waals surface area contributed by atoms with E-state index < -0.39 is 5.97 Å². The number of nitrogens with one attached hydrogen (secondary N) is 2. The molecule has 3 heterocycles. The van der Waals surface area contributed by atoms with Crippen molar-refractivity contribution in [3.05, 3.63) is 10.6 Å². The first-order valence-electron chi connectivity index (χ1n) is 11.7. The van der Waals surface area contributed by atoms with Crippen LogP contribution in [-0.4, -0.2) is 58.2 Å². The zero-order chi connectivity index (χ0) is 23.6. The lowest BCUT2D eigenvalue weighted by atomic mass is 9.73. The van der Waals surface area contributed by atoms with E-state index in [1.165, 1.54) is 37.5 Å². The number of ketones is 1. The molecule has 0 aromatic carbocycles. The van der Waals surface area contributed by atoms with E-state index in [-0.39, 0.29) is 53.1 Å². The molecule has 3 N–H and O–H groups in total. The molecule has 3 fully saturated rings. The van der Waals surface area contributed by atoms with Gasteiger partial charge in [-0.15, -0.1) is 12.6 Å². The minimum Gasteiger partial charge on any atom is -0.477 e. The molecule has 3 aliphatic heterocycles. The average Bonchev–Trinajstić information content (AvgIpc) is 3.45. The van der Waals surface area contributed by atoms with Gasteiger partial charge in [-0.25, -0.2) is 4.79 Å². The van der Waals surface area contributed by atoms with Gasteiger partial charge < -0.3 is 25.4 Å². The van der Waals surface area contributed by atoms with Crippen LogP contribution in [0.4, 0.5) is 0 Å². The van der Waals surface area contributed by atoms with E-state index in [0.29, 0.717) is 17.4 Å². The fourth-order valence-electron chi connectivity index (χ4n) is 5.48. The molecule has 0 unspecified atom stereocenters. The van der Waals surface area contributed by atoms with Crippen LogP contribution in [0.15, 0.2) is 10.6 Å². The molecular formula is C23H35N3O5S. The Morgan fingerprint density at radius 3 is 2.41 bits per heavy atom. The summed E-state index contributed by atoms with van der Waals surface area (Å²) in [5.41, 5.74) is -0.00268. The Kier molecular flexibility index (Phi) is 8.03. The molecule has 0 aromatic rings. The minimum atomic E-state index is -1.12. The van der Waals surface area contributed by atoms with Crippen molar-refractivity contribution < 1.29 is 24.3 Å². The van der Waals surface area contributed by atoms with Crippen molar-refractivity contribution >= 4 is 36.2 Å². The van der Waals surface area contributed by atoms with Crippen LogP contribution < -0.4 is 10.6 Å². The van der Waals surface area contributed by atoms with Gasteiger partial charge >= 0.3 is 5.97 Å². The van der Waals surface area contributed by atoms with Crippen molar-refractivity contribution in [2.75, 3.05) is 6.54 Å². The number of thiol groups is 1. The van der Waals surface area contributed by atoms with Crippen LogP contribution in [0.25, 0.3) is 0 Å². The second kappa shape index (κ2) is 10.4. The lowest BCUT2D eigenvalue weighted by Crippen LogP contribution is -2.62.